The van der Waals surface area contributed by atoms with Crippen molar-refractivity contribution in [2.24, 2.45) is 5.92 Å². The van der Waals surface area contributed by atoms with Gasteiger partial charge in [0.05, 0.1) is 5.75 Å². The van der Waals surface area contributed by atoms with Gasteiger partial charge < -0.3 is 10.6 Å². The van der Waals surface area contributed by atoms with E-state index in [1.165, 1.54) is 23.9 Å². The number of benzene rings is 2. The summed E-state index contributed by atoms with van der Waals surface area (Å²) >= 11 is 1.34. The summed E-state index contributed by atoms with van der Waals surface area (Å²) in [5, 5.41) is 5.61. The van der Waals surface area contributed by atoms with Gasteiger partial charge in [0.2, 0.25) is 11.8 Å². The minimum absolute atomic E-state index is 0.0255. The van der Waals surface area contributed by atoms with Crippen LogP contribution < -0.4 is 10.6 Å². The van der Waals surface area contributed by atoms with Crippen molar-refractivity contribution in [3.63, 3.8) is 0 Å². The molecule has 2 amide bonds. The minimum Gasteiger partial charge on any atom is -0.326 e. The third-order valence-electron chi connectivity index (χ3n) is 3.23. The zero-order valence-corrected chi connectivity index (χ0v) is 15.0. The van der Waals surface area contributed by atoms with Crippen LogP contribution in [0.3, 0.4) is 0 Å². The van der Waals surface area contributed by atoms with Crippen LogP contribution >= 0.6 is 11.8 Å². The van der Waals surface area contributed by atoms with E-state index in [0.29, 0.717) is 23.7 Å². The molecule has 0 radical (unpaired) electrons. The largest absolute Gasteiger partial charge is 0.326 e. The molecule has 0 bridgehead atoms. The Kier molecular flexibility index (Phi) is 7.01. The smallest absolute Gasteiger partial charge is 0.234 e. The van der Waals surface area contributed by atoms with Gasteiger partial charge in [-0.05, 0) is 54.4 Å². The number of carbonyl (C=O) groups is 2. The molecular formula is C19H21FN2O2S. The summed E-state index contributed by atoms with van der Waals surface area (Å²) in [5.41, 5.74) is 1.36. The summed E-state index contributed by atoms with van der Waals surface area (Å²) in [6.45, 7) is 3.98. The normalized spacial score (nSPS) is 10.6. The second-order valence-corrected chi connectivity index (χ2v) is 7.06. The van der Waals surface area contributed by atoms with Crippen LogP contribution in [0, 0.1) is 11.7 Å². The van der Waals surface area contributed by atoms with E-state index in [2.05, 4.69) is 10.6 Å². The highest BCUT2D eigenvalue weighted by Crippen LogP contribution is 2.19. The Morgan fingerprint density at radius 1 is 0.920 bits per heavy atom. The predicted octanol–water partition coefficient (Wildman–Crippen LogP) is 4.54. The van der Waals surface area contributed by atoms with Gasteiger partial charge in [-0.15, -0.1) is 11.8 Å². The Morgan fingerprint density at radius 2 is 1.44 bits per heavy atom. The summed E-state index contributed by atoms with van der Waals surface area (Å²) in [4.78, 5) is 24.5. The van der Waals surface area contributed by atoms with Gasteiger partial charge in [0.15, 0.2) is 0 Å². The molecule has 0 unspecified atom stereocenters. The molecule has 132 valence electrons. The first kappa shape index (κ1) is 19.0. The van der Waals surface area contributed by atoms with E-state index in [9.17, 15) is 14.0 Å². The first-order valence-electron chi connectivity index (χ1n) is 8.00. The van der Waals surface area contributed by atoms with Gasteiger partial charge in [0.25, 0.3) is 0 Å². The van der Waals surface area contributed by atoms with Crippen molar-refractivity contribution in [1.29, 1.82) is 0 Å². The second-order valence-electron chi connectivity index (χ2n) is 6.01. The van der Waals surface area contributed by atoms with Crippen molar-refractivity contribution < 1.29 is 14.0 Å². The highest BCUT2D eigenvalue weighted by atomic mass is 32.2. The van der Waals surface area contributed by atoms with Crippen LogP contribution in [-0.4, -0.2) is 17.6 Å². The van der Waals surface area contributed by atoms with Gasteiger partial charge in [-0.1, -0.05) is 13.8 Å². The van der Waals surface area contributed by atoms with Gasteiger partial charge in [-0.3, -0.25) is 9.59 Å². The molecule has 0 aromatic heterocycles. The topological polar surface area (TPSA) is 58.2 Å². The van der Waals surface area contributed by atoms with Crippen molar-refractivity contribution in [2.45, 2.75) is 25.2 Å². The number of hydrogen-bond acceptors (Lipinski definition) is 3. The van der Waals surface area contributed by atoms with E-state index in [1.54, 1.807) is 36.4 Å². The van der Waals surface area contributed by atoms with Crippen LogP contribution in [0.4, 0.5) is 15.8 Å². The van der Waals surface area contributed by atoms with E-state index in [-0.39, 0.29) is 23.4 Å². The molecule has 0 saturated heterocycles. The number of rotatable bonds is 7. The Morgan fingerprint density at radius 3 is 1.96 bits per heavy atom. The number of thioether (sulfide) groups is 1. The Bertz CT molecular complexity index is 715. The molecule has 0 aliphatic carbocycles. The van der Waals surface area contributed by atoms with Crippen molar-refractivity contribution in [2.75, 3.05) is 16.4 Å². The van der Waals surface area contributed by atoms with E-state index in [0.717, 1.165) is 4.90 Å². The molecule has 2 aromatic carbocycles. The first-order chi connectivity index (χ1) is 11.9. The van der Waals surface area contributed by atoms with Gasteiger partial charge in [0, 0.05) is 22.7 Å². The second kappa shape index (κ2) is 9.22. The van der Waals surface area contributed by atoms with Crippen molar-refractivity contribution in [3.8, 4) is 0 Å². The molecular weight excluding hydrogens is 339 g/mol. The maximum Gasteiger partial charge on any atom is 0.234 e. The monoisotopic (exact) mass is 360 g/mol. The number of amides is 2. The number of halogens is 1. The summed E-state index contributed by atoms with van der Waals surface area (Å²) in [6, 6.07) is 13.0. The van der Waals surface area contributed by atoms with Crippen LogP contribution in [0.1, 0.15) is 20.3 Å². The molecule has 0 fully saturated rings. The van der Waals surface area contributed by atoms with Crippen molar-refractivity contribution in [3.05, 3.63) is 54.3 Å². The minimum atomic E-state index is -0.297. The molecule has 2 rings (SSSR count). The van der Waals surface area contributed by atoms with E-state index in [1.807, 2.05) is 13.8 Å². The molecule has 2 N–H and O–H groups in total. The van der Waals surface area contributed by atoms with Crippen LogP contribution in [0.15, 0.2) is 53.4 Å². The summed E-state index contributed by atoms with van der Waals surface area (Å²) in [7, 11) is 0. The molecule has 4 nitrogen and oxygen atoms in total. The van der Waals surface area contributed by atoms with Crippen LogP contribution in [-0.2, 0) is 9.59 Å². The summed E-state index contributed by atoms with van der Waals surface area (Å²) in [6.07, 6.45) is 0.471. The maximum absolute atomic E-state index is 12.8. The zero-order chi connectivity index (χ0) is 18.2. The van der Waals surface area contributed by atoms with Crippen molar-refractivity contribution in [1.82, 2.24) is 0 Å². The fraction of sp³-hybridized carbons (Fsp3) is 0.263. The fourth-order valence-corrected chi connectivity index (χ4v) is 2.79. The fourth-order valence-electron chi connectivity index (χ4n) is 2.10. The lowest BCUT2D eigenvalue weighted by Crippen LogP contribution is -2.15. The first-order valence-corrected chi connectivity index (χ1v) is 8.99. The van der Waals surface area contributed by atoms with E-state index >= 15 is 0 Å². The molecule has 25 heavy (non-hydrogen) atoms. The number of anilines is 2. The molecule has 2 aromatic rings. The van der Waals surface area contributed by atoms with Gasteiger partial charge in [-0.2, -0.15) is 0 Å². The average molecular weight is 360 g/mol. The highest BCUT2D eigenvalue weighted by Gasteiger charge is 2.07. The molecule has 0 aliphatic heterocycles. The number of hydrogen-bond donors (Lipinski definition) is 2. The van der Waals surface area contributed by atoms with Crippen LogP contribution in [0.25, 0.3) is 0 Å². The number of nitrogens with one attached hydrogen (secondary N) is 2. The van der Waals surface area contributed by atoms with Crippen LogP contribution in [0.2, 0.25) is 0 Å². The molecule has 0 atom stereocenters. The lowest BCUT2D eigenvalue weighted by molar-refractivity contribution is -0.117. The van der Waals surface area contributed by atoms with E-state index < -0.39 is 0 Å². The molecule has 0 saturated carbocycles. The molecule has 6 heteroatoms. The summed E-state index contributed by atoms with van der Waals surface area (Å²) < 4.78 is 12.8. The maximum atomic E-state index is 12.8. The third-order valence-corrected chi connectivity index (χ3v) is 4.24. The van der Waals surface area contributed by atoms with Gasteiger partial charge >= 0.3 is 0 Å². The molecule has 0 aliphatic rings. The third kappa shape index (κ3) is 6.97. The van der Waals surface area contributed by atoms with Gasteiger partial charge in [-0.25, -0.2) is 4.39 Å². The average Bonchev–Trinajstić information content (AvgIpc) is 2.55. The molecule has 0 spiro atoms. The summed E-state index contributed by atoms with van der Waals surface area (Å²) in [5.74, 6) is 0.0679. The zero-order valence-electron chi connectivity index (χ0n) is 14.2. The Labute approximate surface area is 151 Å². The molecule has 0 heterocycles. The lowest BCUT2D eigenvalue weighted by atomic mass is 10.1. The van der Waals surface area contributed by atoms with Gasteiger partial charge in [0.1, 0.15) is 5.82 Å². The highest BCUT2D eigenvalue weighted by molar-refractivity contribution is 8.00. The standard InChI is InChI=1S/C19H21FN2O2S/c1-13(2)11-18(23)21-15-5-7-16(8-6-15)22-19(24)12-25-17-9-3-14(20)4-10-17/h3-10,13H,11-12H2,1-2H3,(H,21,23)(H,22,24). The SMILES string of the molecule is CC(C)CC(=O)Nc1ccc(NC(=O)CSc2ccc(F)cc2)cc1. The number of carbonyl (C=O) groups excluding carboxylic acids is 2. The quantitative estimate of drug-likeness (QED) is 0.713. The van der Waals surface area contributed by atoms with Crippen LogP contribution in [0.5, 0.6) is 0 Å². The Balaban J connectivity index is 1.80. The Hall–Kier alpha value is -2.34. The van der Waals surface area contributed by atoms with Crippen molar-refractivity contribution >= 4 is 35.0 Å². The lowest BCUT2D eigenvalue weighted by Gasteiger charge is -2.09. The van der Waals surface area contributed by atoms with E-state index in [4.69, 9.17) is 0 Å². The predicted molar refractivity (Wildman–Crippen MR) is 100 cm³/mol.